The largest absolute Gasteiger partial charge is 0.490 e. The molecule has 190 valence electrons. The van der Waals surface area contributed by atoms with Gasteiger partial charge in [0.2, 0.25) is 0 Å². The predicted molar refractivity (Wildman–Crippen MR) is 143 cm³/mol. The zero-order chi connectivity index (χ0) is 26.4. The number of carbonyl (C=O) groups is 2. The molecule has 37 heavy (non-hydrogen) atoms. The molecule has 3 aromatic carbocycles. The van der Waals surface area contributed by atoms with Crippen LogP contribution in [0.5, 0.6) is 11.5 Å². The summed E-state index contributed by atoms with van der Waals surface area (Å²) in [5.41, 5.74) is 2.82. The van der Waals surface area contributed by atoms with Crippen LogP contribution in [0.25, 0.3) is 6.08 Å². The minimum Gasteiger partial charge on any atom is -0.490 e. The highest BCUT2D eigenvalue weighted by Gasteiger charge is 2.34. The molecule has 4 rings (SSSR count). The van der Waals surface area contributed by atoms with Crippen molar-refractivity contribution in [2.24, 2.45) is 0 Å². The Kier molecular flexibility index (Phi) is 8.40. The maximum absolute atomic E-state index is 14.1. The molecular weight excluding hydrogens is 539 g/mol. The van der Waals surface area contributed by atoms with Crippen LogP contribution in [-0.2, 0) is 24.4 Å². The van der Waals surface area contributed by atoms with Crippen molar-refractivity contribution in [1.82, 2.24) is 10.2 Å². The summed E-state index contributed by atoms with van der Waals surface area (Å²) in [6.45, 7) is 6.31. The first-order valence-electron chi connectivity index (χ1n) is 11.8. The Balaban J connectivity index is 1.62. The molecule has 0 saturated carbocycles. The number of ether oxygens (including phenoxy) is 2. The van der Waals surface area contributed by atoms with Crippen LogP contribution in [0.3, 0.4) is 0 Å². The van der Waals surface area contributed by atoms with Gasteiger partial charge in [-0.15, -0.1) is 6.58 Å². The molecule has 1 aliphatic heterocycles. The molecule has 1 aliphatic rings. The Morgan fingerprint density at radius 1 is 1.05 bits per heavy atom. The van der Waals surface area contributed by atoms with Crippen molar-refractivity contribution in [1.29, 1.82) is 0 Å². The van der Waals surface area contributed by atoms with E-state index in [2.05, 4.69) is 27.8 Å². The van der Waals surface area contributed by atoms with Crippen molar-refractivity contribution in [3.8, 4) is 11.5 Å². The van der Waals surface area contributed by atoms with Gasteiger partial charge in [0.25, 0.3) is 5.91 Å². The normalized spacial score (nSPS) is 14.1. The third kappa shape index (κ3) is 6.27. The van der Waals surface area contributed by atoms with E-state index in [1.165, 1.54) is 6.07 Å². The third-order valence-corrected chi connectivity index (χ3v) is 6.20. The third-order valence-electron chi connectivity index (χ3n) is 5.67. The molecule has 6 nitrogen and oxygen atoms in total. The van der Waals surface area contributed by atoms with E-state index in [-0.39, 0.29) is 17.8 Å². The molecule has 0 unspecified atom stereocenters. The van der Waals surface area contributed by atoms with E-state index in [0.29, 0.717) is 36.7 Å². The maximum atomic E-state index is 14.1. The molecule has 3 amide bonds. The number of allylic oxidation sites excluding steroid dienone is 1. The fourth-order valence-corrected chi connectivity index (χ4v) is 4.18. The monoisotopic (exact) mass is 564 g/mol. The highest BCUT2D eigenvalue weighted by Crippen LogP contribution is 2.35. The molecule has 0 aliphatic carbocycles. The van der Waals surface area contributed by atoms with E-state index in [4.69, 9.17) is 9.47 Å². The van der Waals surface area contributed by atoms with Crippen LogP contribution < -0.4 is 14.8 Å². The van der Waals surface area contributed by atoms with E-state index < -0.39 is 17.8 Å². The lowest BCUT2D eigenvalue weighted by Gasteiger charge is -2.17. The van der Waals surface area contributed by atoms with Gasteiger partial charge in [-0.05, 0) is 60.9 Å². The van der Waals surface area contributed by atoms with Gasteiger partial charge in [-0.3, -0.25) is 9.69 Å². The first-order valence-corrected chi connectivity index (χ1v) is 12.5. The number of imide groups is 1. The second kappa shape index (κ2) is 11.9. The standard InChI is InChI=1S/C29H26BrFN2O4/c1-3-7-21-14-20(16-26(36-4-2)27(21)37-18-19-10-12-23(30)13-11-19)15-25-28(34)33(29(35)32-25)17-22-8-5-6-9-24(22)31/h3,5-6,8-16H,1,4,7,17-18H2,2H3,(H,32,35)/b25-15+. The first-order chi connectivity index (χ1) is 17.9. The number of urea groups is 1. The van der Waals surface area contributed by atoms with Crippen LogP contribution in [0.2, 0.25) is 0 Å². The number of amides is 3. The van der Waals surface area contributed by atoms with Gasteiger partial charge in [-0.25, -0.2) is 9.18 Å². The lowest BCUT2D eigenvalue weighted by molar-refractivity contribution is -0.123. The number of rotatable bonds is 10. The van der Waals surface area contributed by atoms with Gasteiger partial charge < -0.3 is 14.8 Å². The molecule has 0 atom stereocenters. The number of hydrogen-bond acceptors (Lipinski definition) is 4. The topological polar surface area (TPSA) is 67.9 Å². The maximum Gasteiger partial charge on any atom is 0.329 e. The Labute approximate surface area is 223 Å². The zero-order valence-corrected chi connectivity index (χ0v) is 21.9. The number of hydrogen-bond donors (Lipinski definition) is 1. The summed E-state index contributed by atoms with van der Waals surface area (Å²) < 4.78 is 27.1. The van der Waals surface area contributed by atoms with Gasteiger partial charge in [-0.2, -0.15) is 0 Å². The van der Waals surface area contributed by atoms with Gasteiger partial charge >= 0.3 is 6.03 Å². The molecule has 0 aromatic heterocycles. The summed E-state index contributed by atoms with van der Waals surface area (Å²) in [7, 11) is 0. The van der Waals surface area contributed by atoms with E-state index in [1.807, 2.05) is 37.3 Å². The molecule has 8 heteroatoms. The van der Waals surface area contributed by atoms with Gasteiger partial charge in [-0.1, -0.05) is 52.3 Å². The van der Waals surface area contributed by atoms with Gasteiger partial charge in [0.15, 0.2) is 11.5 Å². The van der Waals surface area contributed by atoms with Crippen molar-refractivity contribution in [2.45, 2.75) is 26.5 Å². The van der Waals surface area contributed by atoms with Crippen molar-refractivity contribution in [3.05, 3.63) is 112 Å². The molecule has 0 spiro atoms. The molecule has 0 radical (unpaired) electrons. The Morgan fingerprint density at radius 3 is 2.51 bits per heavy atom. The lowest BCUT2D eigenvalue weighted by atomic mass is 10.0. The molecule has 1 N–H and O–H groups in total. The lowest BCUT2D eigenvalue weighted by Crippen LogP contribution is -2.30. The van der Waals surface area contributed by atoms with Gasteiger partial charge in [0.1, 0.15) is 18.1 Å². The van der Waals surface area contributed by atoms with E-state index in [0.717, 1.165) is 20.5 Å². The Morgan fingerprint density at radius 2 is 1.81 bits per heavy atom. The number of carbonyl (C=O) groups excluding carboxylic acids is 2. The van der Waals surface area contributed by atoms with E-state index in [1.54, 1.807) is 36.4 Å². The fourth-order valence-electron chi connectivity index (χ4n) is 3.92. The summed E-state index contributed by atoms with van der Waals surface area (Å²) in [6.07, 6.45) is 3.84. The molecule has 1 heterocycles. The van der Waals surface area contributed by atoms with Crippen LogP contribution in [0.1, 0.15) is 29.2 Å². The van der Waals surface area contributed by atoms with Crippen molar-refractivity contribution in [2.75, 3.05) is 6.61 Å². The molecule has 1 saturated heterocycles. The highest BCUT2D eigenvalue weighted by atomic mass is 79.9. The zero-order valence-electron chi connectivity index (χ0n) is 20.3. The van der Waals surface area contributed by atoms with Crippen LogP contribution in [-0.4, -0.2) is 23.4 Å². The number of nitrogens with zero attached hydrogens (tertiary/aromatic N) is 1. The molecule has 3 aromatic rings. The predicted octanol–water partition coefficient (Wildman–Crippen LogP) is 6.39. The van der Waals surface area contributed by atoms with Crippen LogP contribution in [0, 0.1) is 5.82 Å². The van der Waals surface area contributed by atoms with Crippen molar-refractivity contribution in [3.63, 3.8) is 0 Å². The van der Waals surface area contributed by atoms with Crippen LogP contribution >= 0.6 is 15.9 Å². The van der Waals surface area contributed by atoms with Gasteiger partial charge in [0.05, 0.1) is 13.2 Å². The average Bonchev–Trinajstić information content (AvgIpc) is 3.13. The van der Waals surface area contributed by atoms with E-state index >= 15 is 0 Å². The summed E-state index contributed by atoms with van der Waals surface area (Å²) in [5, 5.41) is 2.59. The molecular formula is C29H26BrFN2O4. The number of benzene rings is 3. The van der Waals surface area contributed by atoms with Crippen LogP contribution in [0.15, 0.2) is 83.5 Å². The molecule has 1 fully saturated rings. The van der Waals surface area contributed by atoms with E-state index in [9.17, 15) is 14.0 Å². The molecule has 0 bridgehead atoms. The summed E-state index contributed by atoms with van der Waals surface area (Å²) in [5.74, 6) is 0.0994. The summed E-state index contributed by atoms with van der Waals surface area (Å²) >= 11 is 3.43. The SMILES string of the molecule is C=CCc1cc(/C=C2/NC(=O)N(Cc3ccccc3F)C2=O)cc(OCC)c1OCc1ccc(Br)cc1. The Bertz CT molecular complexity index is 1350. The Hall–Kier alpha value is -3.91. The van der Waals surface area contributed by atoms with Gasteiger partial charge in [0, 0.05) is 15.6 Å². The first kappa shape index (κ1) is 26.2. The van der Waals surface area contributed by atoms with Crippen molar-refractivity contribution >= 4 is 33.9 Å². The fraction of sp³-hybridized carbons (Fsp3) is 0.172. The van der Waals surface area contributed by atoms with Crippen LogP contribution in [0.4, 0.5) is 9.18 Å². The smallest absolute Gasteiger partial charge is 0.329 e. The minimum absolute atomic E-state index is 0.0943. The average molecular weight is 565 g/mol. The summed E-state index contributed by atoms with van der Waals surface area (Å²) in [6, 6.07) is 16.9. The minimum atomic E-state index is -0.606. The second-order valence-corrected chi connectivity index (χ2v) is 9.23. The highest BCUT2D eigenvalue weighted by molar-refractivity contribution is 9.10. The number of halogens is 2. The number of nitrogens with one attached hydrogen (secondary N) is 1. The second-order valence-electron chi connectivity index (χ2n) is 8.32. The summed E-state index contributed by atoms with van der Waals surface area (Å²) in [4.78, 5) is 26.5. The van der Waals surface area contributed by atoms with Crippen molar-refractivity contribution < 1.29 is 23.5 Å². The quantitative estimate of drug-likeness (QED) is 0.176.